The molecule has 1 fully saturated rings. The molecule has 1 aliphatic rings. The first kappa shape index (κ1) is 17.0. The molecule has 0 aliphatic carbocycles. The zero-order valence-corrected chi connectivity index (χ0v) is 14.9. The number of aromatic nitrogens is 2. The van der Waals surface area contributed by atoms with Crippen LogP contribution in [0.25, 0.3) is 0 Å². The molecule has 0 atom stereocenters. The summed E-state index contributed by atoms with van der Waals surface area (Å²) >= 11 is 12.0. The van der Waals surface area contributed by atoms with Gasteiger partial charge in [-0.3, -0.25) is 4.79 Å². The maximum atomic E-state index is 12.4. The number of hydrogen-bond donors (Lipinski definition) is 0. The van der Waals surface area contributed by atoms with Crippen molar-refractivity contribution < 1.29 is 4.79 Å². The number of carbonyl (C=O) groups excluding carboxylic acids is 1. The third-order valence-corrected chi connectivity index (χ3v) is 4.42. The van der Waals surface area contributed by atoms with Crippen LogP contribution in [-0.2, 0) is 11.2 Å². The maximum Gasteiger partial charge on any atom is 0.227 e. The van der Waals surface area contributed by atoms with E-state index in [0.717, 1.165) is 24.5 Å². The minimum Gasteiger partial charge on any atom is -0.353 e. The first-order chi connectivity index (χ1) is 11.5. The fraction of sp³-hybridized carbons (Fsp3) is 0.353. The second-order valence-corrected chi connectivity index (χ2v) is 6.59. The number of carbonyl (C=O) groups is 1. The van der Waals surface area contributed by atoms with E-state index in [1.165, 1.54) is 0 Å². The van der Waals surface area contributed by atoms with E-state index in [4.69, 9.17) is 23.2 Å². The summed E-state index contributed by atoms with van der Waals surface area (Å²) in [5, 5.41) is 1.10. The van der Waals surface area contributed by atoms with Gasteiger partial charge in [-0.1, -0.05) is 35.3 Å². The molecule has 1 saturated heterocycles. The SMILES string of the molecule is Cc1nc(Cl)cc(N2CCN(C(=O)Cc3cccc(Cl)c3)CC2)n1. The number of benzene rings is 1. The molecule has 1 aromatic carbocycles. The summed E-state index contributed by atoms with van der Waals surface area (Å²) < 4.78 is 0. The van der Waals surface area contributed by atoms with E-state index in [-0.39, 0.29) is 5.91 Å². The maximum absolute atomic E-state index is 12.4. The smallest absolute Gasteiger partial charge is 0.227 e. The molecule has 2 heterocycles. The average Bonchev–Trinajstić information content (AvgIpc) is 2.54. The van der Waals surface area contributed by atoms with Gasteiger partial charge in [0.05, 0.1) is 6.42 Å². The molecule has 0 unspecified atom stereocenters. The number of amides is 1. The highest BCUT2D eigenvalue weighted by Gasteiger charge is 2.22. The van der Waals surface area contributed by atoms with Crippen molar-refractivity contribution in [2.45, 2.75) is 13.3 Å². The first-order valence-electron chi connectivity index (χ1n) is 7.79. The molecule has 5 nitrogen and oxygen atoms in total. The van der Waals surface area contributed by atoms with Crippen LogP contribution in [0.1, 0.15) is 11.4 Å². The lowest BCUT2D eigenvalue weighted by molar-refractivity contribution is -0.130. The molecule has 3 rings (SSSR count). The predicted octanol–water partition coefficient (Wildman–Crippen LogP) is 2.98. The van der Waals surface area contributed by atoms with Crippen LogP contribution in [0.2, 0.25) is 10.2 Å². The highest BCUT2D eigenvalue weighted by molar-refractivity contribution is 6.30. The van der Waals surface area contributed by atoms with Crippen molar-refractivity contribution >= 4 is 34.9 Å². The Morgan fingerprint density at radius 3 is 2.54 bits per heavy atom. The van der Waals surface area contributed by atoms with E-state index in [2.05, 4.69) is 14.9 Å². The highest BCUT2D eigenvalue weighted by Crippen LogP contribution is 2.18. The predicted molar refractivity (Wildman–Crippen MR) is 95.7 cm³/mol. The number of halogens is 2. The topological polar surface area (TPSA) is 49.3 Å². The molecular weight excluding hydrogens is 347 g/mol. The van der Waals surface area contributed by atoms with Crippen LogP contribution in [0.15, 0.2) is 30.3 Å². The lowest BCUT2D eigenvalue weighted by atomic mass is 10.1. The van der Waals surface area contributed by atoms with Gasteiger partial charge in [-0.15, -0.1) is 0 Å². The van der Waals surface area contributed by atoms with E-state index in [1.807, 2.05) is 36.1 Å². The van der Waals surface area contributed by atoms with Crippen LogP contribution in [0.3, 0.4) is 0 Å². The van der Waals surface area contributed by atoms with Crippen LogP contribution >= 0.6 is 23.2 Å². The quantitative estimate of drug-likeness (QED) is 0.785. The molecular formula is C17H18Cl2N4O. The standard InChI is InChI=1S/C17H18Cl2N4O/c1-12-20-15(19)11-16(21-12)22-5-7-23(8-6-22)17(24)10-13-3-2-4-14(18)9-13/h2-4,9,11H,5-8,10H2,1H3. The molecule has 0 bridgehead atoms. The molecule has 0 radical (unpaired) electrons. The van der Waals surface area contributed by atoms with Crippen molar-refractivity contribution in [2.75, 3.05) is 31.1 Å². The van der Waals surface area contributed by atoms with E-state index in [9.17, 15) is 4.79 Å². The van der Waals surface area contributed by atoms with E-state index in [0.29, 0.717) is 35.5 Å². The Labute approximate surface area is 151 Å². The van der Waals surface area contributed by atoms with Crippen LogP contribution < -0.4 is 4.90 Å². The van der Waals surface area contributed by atoms with Gasteiger partial charge in [0.25, 0.3) is 0 Å². The fourth-order valence-corrected chi connectivity index (χ4v) is 3.23. The largest absolute Gasteiger partial charge is 0.353 e. The van der Waals surface area contributed by atoms with Gasteiger partial charge in [0.2, 0.25) is 5.91 Å². The number of nitrogens with zero attached hydrogens (tertiary/aromatic N) is 4. The number of rotatable bonds is 3. The minimum absolute atomic E-state index is 0.119. The molecule has 1 aromatic heterocycles. The summed E-state index contributed by atoms with van der Waals surface area (Å²) in [7, 11) is 0. The average molecular weight is 365 g/mol. The summed E-state index contributed by atoms with van der Waals surface area (Å²) in [4.78, 5) is 25.0. The molecule has 0 spiro atoms. The van der Waals surface area contributed by atoms with Crippen LogP contribution in [0, 0.1) is 6.92 Å². The Balaban J connectivity index is 1.59. The number of piperazine rings is 1. The third-order valence-electron chi connectivity index (χ3n) is 3.99. The first-order valence-corrected chi connectivity index (χ1v) is 8.55. The Hall–Kier alpha value is -1.85. The van der Waals surface area contributed by atoms with Gasteiger partial charge >= 0.3 is 0 Å². The summed E-state index contributed by atoms with van der Waals surface area (Å²) in [6.07, 6.45) is 0.374. The van der Waals surface area contributed by atoms with Crippen molar-refractivity contribution in [2.24, 2.45) is 0 Å². The molecule has 2 aromatic rings. The summed E-state index contributed by atoms with van der Waals surface area (Å²) in [6, 6.07) is 9.19. The van der Waals surface area contributed by atoms with Gasteiger partial charge in [-0.25, -0.2) is 9.97 Å². The van der Waals surface area contributed by atoms with Crippen LogP contribution in [0.5, 0.6) is 0 Å². The van der Waals surface area contributed by atoms with Gasteiger partial charge in [0, 0.05) is 37.3 Å². The highest BCUT2D eigenvalue weighted by atomic mass is 35.5. The minimum atomic E-state index is 0.119. The number of hydrogen-bond acceptors (Lipinski definition) is 4. The van der Waals surface area contributed by atoms with Crippen LogP contribution in [0.4, 0.5) is 5.82 Å². The van der Waals surface area contributed by atoms with Gasteiger partial charge in [0.1, 0.15) is 16.8 Å². The Morgan fingerprint density at radius 2 is 1.88 bits per heavy atom. The van der Waals surface area contributed by atoms with Crippen molar-refractivity contribution in [3.05, 3.63) is 51.9 Å². The van der Waals surface area contributed by atoms with Gasteiger partial charge in [-0.05, 0) is 24.6 Å². The molecule has 0 saturated carbocycles. The van der Waals surface area contributed by atoms with Gasteiger partial charge in [0.15, 0.2) is 0 Å². The molecule has 0 N–H and O–H groups in total. The molecule has 7 heteroatoms. The second-order valence-electron chi connectivity index (χ2n) is 5.77. The number of anilines is 1. The molecule has 1 amide bonds. The van der Waals surface area contributed by atoms with Crippen molar-refractivity contribution in [3.63, 3.8) is 0 Å². The molecule has 24 heavy (non-hydrogen) atoms. The Morgan fingerprint density at radius 1 is 1.12 bits per heavy atom. The Kier molecular flexibility index (Phi) is 5.21. The van der Waals surface area contributed by atoms with E-state index in [1.54, 1.807) is 6.07 Å². The van der Waals surface area contributed by atoms with E-state index < -0.39 is 0 Å². The Bertz CT molecular complexity index is 725. The summed E-state index contributed by atoms with van der Waals surface area (Å²) in [6.45, 7) is 4.61. The van der Waals surface area contributed by atoms with E-state index >= 15 is 0 Å². The lowest BCUT2D eigenvalue weighted by Crippen LogP contribution is -2.49. The fourth-order valence-electron chi connectivity index (χ4n) is 2.80. The normalized spacial score (nSPS) is 14.8. The van der Waals surface area contributed by atoms with Crippen molar-refractivity contribution in [3.8, 4) is 0 Å². The van der Waals surface area contributed by atoms with Gasteiger partial charge in [-0.2, -0.15) is 0 Å². The zero-order chi connectivity index (χ0) is 17.1. The summed E-state index contributed by atoms with van der Waals surface area (Å²) in [5.41, 5.74) is 0.938. The zero-order valence-electron chi connectivity index (χ0n) is 13.4. The lowest BCUT2D eigenvalue weighted by Gasteiger charge is -2.35. The second kappa shape index (κ2) is 7.36. The monoisotopic (exact) mass is 364 g/mol. The van der Waals surface area contributed by atoms with Gasteiger partial charge < -0.3 is 9.80 Å². The molecule has 1 aliphatic heterocycles. The van der Waals surface area contributed by atoms with Crippen LogP contribution in [-0.4, -0.2) is 47.0 Å². The summed E-state index contributed by atoms with van der Waals surface area (Å²) in [5.74, 6) is 1.58. The van der Waals surface area contributed by atoms with Crippen molar-refractivity contribution in [1.29, 1.82) is 0 Å². The van der Waals surface area contributed by atoms with Crippen molar-refractivity contribution in [1.82, 2.24) is 14.9 Å². The molecule has 126 valence electrons. The number of aryl methyl sites for hydroxylation is 1. The third kappa shape index (κ3) is 4.16.